The van der Waals surface area contributed by atoms with E-state index in [2.05, 4.69) is 19.9 Å². The summed E-state index contributed by atoms with van der Waals surface area (Å²) in [5, 5.41) is 0. The molecule has 0 aliphatic heterocycles. The van der Waals surface area contributed by atoms with Crippen LogP contribution in [0.5, 0.6) is 0 Å². The third kappa shape index (κ3) is 5.54. The largest absolute Gasteiger partial charge is 0.300 e. The average Bonchev–Trinajstić information content (AvgIpc) is 1.58. The maximum Gasteiger partial charge on any atom is 0.133 e. The Morgan fingerprint density at radius 2 is 1.90 bits per heavy atom. The van der Waals surface area contributed by atoms with Crippen molar-refractivity contribution in [3.05, 3.63) is 11.6 Å². The van der Waals surface area contributed by atoms with Crippen molar-refractivity contribution in [1.82, 2.24) is 0 Å². The third-order valence-electron chi connectivity index (χ3n) is 1.15. The van der Waals surface area contributed by atoms with Crippen LogP contribution in [0.15, 0.2) is 11.6 Å². The average molecular weight is 140 g/mol. The first-order valence-electron chi connectivity index (χ1n) is 3.69. The fourth-order valence-electron chi connectivity index (χ4n) is 1.02. The minimum atomic E-state index is 0.245. The fourth-order valence-corrected chi connectivity index (χ4v) is 1.02. The van der Waals surface area contributed by atoms with E-state index < -0.39 is 0 Å². The molecule has 0 saturated heterocycles. The van der Waals surface area contributed by atoms with Crippen LogP contribution in [0.4, 0.5) is 0 Å². The Bertz CT molecular complexity index is 143. The molecule has 0 saturated carbocycles. The summed E-state index contributed by atoms with van der Waals surface area (Å²) < 4.78 is 0. The van der Waals surface area contributed by atoms with E-state index in [0.29, 0.717) is 12.3 Å². The van der Waals surface area contributed by atoms with Crippen LogP contribution in [0.2, 0.25) is 0 Å². The van der Waals surface area contributed by atoms with Gasteiger partial charge in [0.1, 0.15) is 5.78 Å². The highest BCUT2D eigenvalue weighted by atomic mass is 16.1. The summed E-state index contributed by atoms with van der Waals surface area (Å²) >= 11 is 0. The standard InChI is InChI=1S/C9H16O/c1-7(2)5-8(3)6-9(4)10/h5,7H,6H2,1-4H3/b8-5-. The van der Waals surface area contributed by atoms with Crippen LogP contribution in [-0.2, 0) is 4.79 Å². The molecule has 1 nitrogen and oxygen atoms in total. The van der Waals surface area contributed by atoms with Crippen LogP contribution in [0.25, 0.3) is 0 Å². The van der Waals surface area contributed by atoms with E-state index in [9.17, 15) is 4.79 Å². The van der Waals surface area contributed by atoms with Gasteiger partial charge in [0, 0.05) is 6.42 Å². The summed E-state index contributed by atoms with van der Waals surface area (Å²) in [6.07, 6.45) is 2.74. The predicted molar refractivity (Wildman–Crippen MR) is 43.9 cm³/mol. The fraction of sp³-hybridized carbons (Fsp3) is 0.667. The minimum absolute atomic E-state index is 0.245. The number of carbonyl (C=O) groups excluding carboxylic acids is 1. The van der Waals surface area contributed by atoms with Crippen molar-refractivity contribution < 1.29 is 4.79 Å². The zero-order valence-electron chi connectivity index (χ0n) is 7.27. The van der Waals surface area contributed by atoms with Gasteiger partial charge in [0.05, 0.1) is 0 Å². The quantitative estimate of drug-likeness (QED) is 0.551. The van der Waals surface area contributed by atoms with Gasteiger partial charge in [0.2, 0.25) is 0 Å². The first-order chi connectivity index (χ1) is 4.52. The zero-order valence-corrected chi connectivity index (χ0v) is 7.27. The Hall–Kier alpha value is -0.590. The van der Waals surface area contributed by atoms with Crippen molar-refractivity contribution in [2.24, 2.45) is 5.92 Å². The highest BCUT2D eigenvalue weighted by Gasteiger charge is 1.95. The lowest BCUT2D eigenvalue weighted by molar-refractivity contribution is -0.116. The van der Waals surface area contributed by atoms with Gasteiger partial charge in [-0.05, 0) is 19.8 Å². The normalized spacial score (nSPS) is 12.3. The number of carbonyl (C=O) groups is 1. The first-order valence-corrected chi connectivity index (χ1v) is 3.69. The number of Topliss-reactive ketones (excluding diaryl/α,β-unsaturated/α-hetero) is 1. The van der Waals surface area contributed by atoms with Crippen molar-refractivity contribution in [2.75, 3.05) is 0 Å². The molecule has 0 heterocycles. The molecule has 0 rings (SSSR count). The molecule has 0 spiro atoms. The number of rotatable bonds is 3. The van der Waals surface area contributed by atoms with E-state index in [0.717, 1.165) is 0 Å². The second-order valence-electron chi connectivity index (χ2n) is 3.14. The Labute approximate surface area is 63.1 Å². The molecule has 0 N–H and O–H groups in total. The summed E-state index contributed by atoms with van der Waals surface area (Å²) in [5.74, 6) is 0.800. The minimum Gasteiger partial charge on any atom is -0.300 e. The molecule has 0 aliphatic carbocycles. The topological polar surface area (TPSA) is 17.1 Å². The predicted octanol–water partition coefficient (Wildman–Crippen LogP) is 2.57. The first kappa shape index (κ1) is 9.41. The number of hydrogen-bond acceptors (Lipinski definition) is 1. The van der Waals surface area contributed by atoms with Crippen LogP contribution in [0.1, 0.15) is 34.1 Å². The summed E-state index contributed by atoms with van der Waals surface area (Å²) in [4.78, 5) is 10.6. The molecule has 0 amide bonds. The van der Waals surface area contributed by atoms with Gasteiger partial charge in [-0.3, -0.25) is 4.79 Å². The van der Waals surface area contributed by atoms with E-state index in [-0.39, 0.29) is 5.78 Å². The van der Waals surface area contributed by atoms with Crippen LogP contribution in [0, 0.1) is 5.92 Å². The Morgan fingerprint density at radius 3 is 2.20 bits per heavy atom. The van der Waals surface area contributed by atoms with Crippen LogP contribution in [-0.4, -0.2) is 5.78 Å². The van der Waals surface area contributed by atoms with Gasteiger partial charge < -0.3 is 0 Å². The summed E-state index contributed by atoms with van der Waals surface area (Å²) in [6, 6.07) is 0. The van der Waals surface area contributed by atoms with Crippen molar-refractivity contribution in [1.29, 1.82) is 0 Å². The number of allylic oxidation sites excluding steroid dienone is 2. The lowest BCUT2D eigenvalue weighted by Gasteiger charge is -1.99. The third-order valence-corrected chi connectivity index (χ3v) is 1.15. The van der Waals surface area contributed by atoms with E-state index >= 15 is 0 Å². The molecule has 0 atom stereocenters. The molecule has 58 valence electrons. The molecule has 0 bridgehead atoms. The highest BCUT2D eigenvalue weighted by molar-refractivity contribution is 5.77. The summed E-state index contributed by atoms with van der Waals surface area (Å²) in [7, 11) is 0. The van der Waals surface area contributed by atoms with E-state index in [1.165, 1.54) is 5.57 Å². The molecule has 0 unspecified atom stereocenters. The molecule has 10 heavy (non-hydrogen) atoms. The van der Waals surface area contributed by atoms with Gasteiger partial charge >= 0.3 is 0 Å². The van der Waals surface area contributed by atoms with Crippen molar-refractivity contribution >= 4 is 5.78 Å². The zero-order chi connectivity index (χ0) is 8.15. The van der Waals surface area contributed by atoms with E-state index in [1.54, 1.807) is 6.92 Å². The Kier molecular flexibility index (Phi) is 4.01. The maximum absolute atomic E-state index is 10.6. The smallest absolute Gasteiger partial charge is 0.133 e. The second-order valence-corrected chi connectivity index (χ2v) is 3.14. The van der Waals surface area contributed by atoms with Gasteiger partial charge in [0.25, 0.3) is 0 Å². The van der Waals surface area contributed by atoms with E-state index in [1.807, 2.05) is 6.92 Å². The van der Waals surface area contributed by atoms with E-state index in [4.69, 9.17) is 0 Å². The maximum atomic E-state index is 10.6. The van der Waals surface area contributed by atoms with Gasteiger partial charge in [0.15, 0.2) is 0 Å². The monoisotopic (exact) mass is 140 g/mol. The van der Waals surface area contributed by atoms with Crippen molar-refractivity contribution in [3.8, 4) is 0 Å². The van der Waals surface area contributed by atoms with Gasteiger partial charge in [-0.1, -0.05) is 25.5 Å². The molecule has 0 aromatic heterocycles. The van der Waals surface area contributed by atoms with Crippen molar-refractivity contribution in [2.45, 2.75) is 34.1 Å². The molecule has 0 aromatic rings. The molecule has 0 aliphatic rings. The van der Waals surface area contributed by atoms with Crippen LogP contribution < -0.4 is 0 Å². The van der Waals surface area contributed by atoms with Crippen molar-refractivity contribution in [3.63, 3.8) is 0 Å². The Balaban J connectivity index is 3.82. The van der Waals surface area contributed by atoms with Gasteiger partial charge in [-0.2, -0.15) is 0 Å². The second kappa shape index (κ2) is 4.26. The number of hydrogen-bond donors (Lipinski definition) is 0. The number of ketones is 1. The SMILES string of the molecule is CC(=O)C/C(C)=C\C(C)C. The molecule has 0 aromatic carbocycles. The molecule has 1 heteroatoms. The van der Waals surface area contributed by atoms with Crippen LogP contribution in [0.3, 0.4) is 0 Å². The van der Waals surface area contributed by atoms with Gasteiger partial charge in [-0.15, -0.1) is 0 Å². The summed E-state index contributed by atoms with van der Waals surface area (Å²) in [6.45, 7) is 7.85. The molecule has 0 radical (unpaired) electrons. The Morgan fingerprint density at radius 1 is 1.40 bits per heavy atom. The molecular formula is C9H16O. The lowest BCUT2D eigenvalue weighted by Crippen LogP contribution is -1.92. The highest BCUT2D eigenvalue weighted by Crippen LogP contribution is 2.05. The summed E-state index contributed by atoms with van der Waals surface area (Å²) in [5.41, 5.74) is 1.18. The molecule has 0 fully saturated rings. The lowest BCUT2D eigenvalue weighted by atomic mass is 10.1. The van der Waals surface area contributed by atoms with Gasteiger partial charge in [-0.25, -0.2) is 0 Å². The molecular weight excluding hydrogens is 124 g/mol. The van der Waals surface area contributed by atoms with Crippen LogP contribution >= 0.6 is 0 Å².